The topological polar surface area (TPSA) is 128 Å². The van der Waals surface area contributed by atoms with Crippen molar-refractivity contribution < 1.29 is 27.8 Å². The minimum absolute atomic E-state index is 0.211. The summed E-state index contributed by atoms with van der Waals surface area (Å²) in [5.74, 6) is 0.255. The maximum atomic E-state index is 10.6. The quantitative estimate of drug-likeness (QED) is 0.260. The second-order valence-corrected chi connectivity index (χ2v) is 9.26. The Morgan fingerprint density at radius 2 is 1.85 bits per heavy atom. The molecule has 6 rings (SSSR count). The monoisotopic (exact) mass is 562 g/mol. The van der Waals surface area contributed by atoms with Crippen LogP contribution in [0.15, 0.2) is 79.0 Å². The fourth-order valence-corrected chi connectivity index (χ4v) is 4.50. The Morgan fingerprint density at radius 1 is 1.10 bits per heavy atom. The van der Waals surface area contributed by atoms with Crippen molar-refractivity contribution in [1.82, 2.24) is 19.7 Å². The van der Waals surface area contributed by atoms with Gasteiger partial charge in [-0.05, 0) is 52.9 Å². The second kappa shape index (κ2) is 11.2. The zero-order chi connectivity index (χ0) is 29.1. The number of carboxylic acid groups (broad SMARTS) is 1. The van der Waals surface area contributed by atoms with E-state index in [0.717, 1.165) is 52.2 Å². The van der Waals surface area contributed by atoms with Crippen molar-refractivity contribution in [2.45, 2.75) is 18.6 Å². The molecule has 210 valence electrons. The van der Waals surface area contributed by atoms with Gasteiger partial charge in [0, 0.05) is 36.3 Å². The van der Waals surface area contributed by atoms with Crippen LogP contribution in [0.25, 0.3) is 22.2 Å². The number of anilines is 2. The zero-order valence-corrected chi connectivity index (χ0v) is 21.8. The normalized spacial score (nSPS) is 13.1. The number of aryl methyl sites for hydroxylation is 1. The minimum atomic E-state index is -5.08. The Hall–Kier alpha value is -5.13. The molecule has 0 radical (unpaired) electrons. The highest BCUT2D eigenvalue weighted by Gasteiger charge is 2.38. The van der Waals surface area contributed by atoms with Gasteiger partial charge in [0.1, 0.15) is 17.6 Å². The van der Waals surface area contributed by atoms with E-state index in [1.54, 1.807) is 6.20 Å². The zero-order valence-electron chi connectivity index (χ0n) is 21.8. The summed E-state index contributed by atoms with van der Waals surface area (Å²) >= 11 is 0. The number of carbonyl (C=O) groups is 1. The van der Waals surface area contributed by atoms with Crippen molar-refractivity contribution in [1.29, 1.82) is 0 Å². The van der Waals surface area contributed by atoms with E-state index in [4.69, 9.17) is 30.5 Å². The van der Waals surface area contributed by atoms with Gasteiger partial charge in [-0.25, -0.2) is 14.8 Å². The standard InChI is InChI=1S/C27H24N6O.C2HF3O2/c1-33-27(31-26(32-33)17-5-3-2-4-6-17)24(20-7-10-23-19(15-20)12-14-34-23)30-21-8-9-22-18(16-21)11-13-29-25(22)28;3-2(4,5)1(6)7/h2-11,13,15-16,24,30H,12,14H2,1H3,(H2,28,29);(H,6,7). The Kier molecular flexibility index (Phi) is 7.47. The Labute approximate surface area is 232 Å². The number of halogens is 3. The Balaban J connectivity index is 0.000000431. The summed E-state index contributed by atoms with van der Waals surface area (Å²) in [5.41, 5.74) is 10.3. The SMILES string of the molecule is Cn1nc(-c2ccccc2)nc1C(Nc1ccc2c(N)nccc2c1)c1ccc2c(c1)CCO2.O=C(O)C(F)(F)F. The molecular weight excluding hydrogens is 537 g/mol. The highest BCUT2D eigenvalue weighted by atomic mass is 19.4. The van der Waals surface area contributed by atoms with E-state index in [1.165, 1.54) is 5.56 Å². The summed E-state index contributed by atoms with van der Waals surface area (Å²) in [7, 11) is 1.94. The molecule has 0 saturated carbocycles. The number of aromatic nitrogens is 4. The summed E-state index contributed by atoms with van der Waals surface area (Å²) in [6, 6.07) is 24.3. The molecule has 3 heterocycles. The summed E-state index contributed by atoms with van der Waals surface area (Å²) in [5, 5.41) is 17.5. The van der Waals surface area contributed by atoms with Gasteiger partial charge in [0.05, 0.1) is 6.61 Å². The lowest BCUT2D eigenvalue weighted by Crippen LogP contribution is -2.21. The van der Waals surface area contributed by atoms with E-state index < -0.39 is 12.1 Å². The molecule has 2 aromatic heterocycles. The number of nitrogens with zero attached hydrogens (tertiary/aromatic N) is 4. The van der Waals surface area contributed by atoms with Crippen LogP contribution in [-0.4, -0.2) is 43.6 Å². The lowest BCUT2D eigenvalue weighted by atomic mass is 10.0. The van der Waals surface area contributed by atoms with Crippen LogP contribution in [0.1, 0.15) is 23.0 Å². The van der Waals surface area contributed by atoms with E-state index >= 15 is 0 Å². The van der Waals surface area contributed by atoms with Crippen LogP contribution >= 0.6 is 0 Å². The van der Waals surface area contributed by atoms with Crippen LogP contribution in [0.4, 0.5) is 24.7 Å². The lowest BCUT2D eigenvalue weighted by Gasteiger charge is -2.21. The number of nitrogens with two attached hydrogens (primary N) is 1. The number of nitrogen functional groups attached to an aromatic ring is 1. The smallest absolute Gasteiger partial charge is 0.490 e. The summed E-state index contributed by atoms with van der Waals surface area (Å²) < 4.78 is 39.3. The van der Waals surface area contributed by atoms with Crippen LogP contribution in [-0.2, 0) is 18.3 Å². The number of fused-ring (bicyclic) bond motifs is 2. The average molecular weight is 563 g/mol. The largest absolute Gasteiger partial charge is 0.493 e. The van der Waals surface area contributed by atoms with Gasteiger partial charge in [0.2, 0.25) is 0 Å². The third-order valence-electron chi connectivity index (χ3n) is 6.48. The van der Waals surface area contributed by atoms with Gasteiger partial charge in [0.15, 0.2) is 11.6 Å². The maximum Gasteiger partial charge on any atom is 0.490 e. The number of benzene rings is 3. The Bertz CT molecular complexity index is 1710. The van der Waals surface area contributed by atoms with Crippen LogP contribution < -0.4 is 15.8 Å². The highest BCUT2D eigenvalue weighted by Crippen LogP contribution is 2.33. The van der Waals surface area contributed by atoms with Gasteiger partial charge in [-0.15, -0.1) is 0 Å². The van der Waals surface area contributed by atoms with Crippen molar-refractivity contribution in [2.24, 2.45) is 7.05 Å². The molecular formula is C29H25F3N6O3. The number of ether oxygens (including phenoxy) is 1. The molecule has 0 bridgehead atoms. The molecule has 0 saturated heterocycles. The van der Waals surface area contributed by atoms with E-state index in [2.05, 4.69) is 28.5 Å². The Morgan fingerprint density at radius 3 is 2.59 bits per heavy atom. The number of alkyl halides is 3. The first kappa shape index (κ1) is 27.4. The molecule has 9 nitrogen and oxygen atoms in total. The molecule has 1 aliphatic heterocycles. The number of pyridine rings is 1. The summed E-state index contributed by atoms with van der Waals surface area (Å²) in [6.07, 6.45) is -2.44. The molecule has 0 fully saturated rings. The predicted molar refractivity (Wildman–Crippen MR) is 147 cm³/mol. The third kappa shape index (κ3) is 6.06. The van der Waals surface area contributed by atoms with Gasteiger partial charge in [-0.3, -0.25) is 4.68 Å². The van der Waals surface area contributed by atoms with Gasteiger partial charge >= 0.3 is 12.1 Å². The van der Waals surface area contributed by atoms with Crippen LogP contribution in [0, 0.1) is 0 Å². The van der Waals surface area contributed by atoms with Gasteiger partial charge in [0.25, 0.3) is 0 Å². The predicted octanol–water partition coefficient (Wildman–Crippen LogP) is 5.38. The van der Waals surface area contributed by atoms with Gasteiger partial charge in [-0.2, -0.15) is 18.3 Å². The van der Waals surface area contributed by atoms with Crippen LogP contribution in [0.5, 0.6) is 5.75 Å². The van der Waals surface area contributed by atoms with Crippen molar-refractivity contribution >= 4 is 28.2 Å². The highest BCUT2D eigenvalue weighted by molar-refractivity contribution is 5.93. The number of hydrogen-bond donors (Lipinski definition) is 3. The molecule has 1 atom stereocenters. The fraction of sp³-hybridized carbons (Fsp3) is 0.172. The van der Waals surface area contributed by atoms with Crippen molar-refractivity contribution in [2.75, 3.05) is 17.7 Å². The molecule has 0 amide bonds. The van der Waals surface area contributed by atoms with Gasteiger partial charge in [-0.1, -0.05) is 36.4 Å². The van der Waals surface area contributed by atoms with E-state index in [9.17, 15) is 13.2 Å². The van der Waals surface area contributed by atoms with Crippen molar-refractivity contribution in [3.8, 4) is 17.1 Å². The molecule has 0 spiro atoms. The number of carboxylic acids is 1. The number of hydrogen-bond acceptors (Lipinski definition) is 7. The first-order chi connectivity index (χ1) is 19.6. The second-order valence-electron chi connectivity index (χ2n) is 9.26. The molecule has 12 heteroatoms. The molecule has 3 aromatic carbocycles. The first-order valence-corrected chi connectivity index (χ1v) is 12.5. The number of rotatable bonds is 5. The minimum Gasteiger partial charge on any atom is -0.493 e. The van der Waals surface area contributed by atoms with Crippen molar-refractivity contribution in [3.63, 3.8) is 0 Å². The molecule has 5 aromatic rings. The number of nitrogens with one attached hydrogen (secondary N) is 1. The molecule has 1 unspecified atom stereocenters. The van der Waals surface area contributed by atoms with Crippen LogP contribution in [0.3, 0.4) is 0 Å². The first-order valence-electron chi connectivity index (χ1n) is 12.5. The molecule has 0 aliphatic carbocycles. The molecule has 4 N–H and O–H groups in total. The van der Waals surface area contributed by atoms with E-state index in [1.807, 2.05) is 66.3 Å². The van der Waals surface area contributed by atoms with Crippen molar-refractivity contribution in [3.05, 3.63) is 95.9 Å². The van der Waals surface area contributed by atoms with Crippen LogP contribution in [0.2, 0.25) is 0 Å². The summed E-state index contributed by atoms with van der Waals surface area (Å²) in [4.78, 5) is 18.0. The fourth-order valence-electron chi connectivity index (χ4n) is 4.50. The average Bonchev–Trinajstić information content (AvgIpc) is 3.58. The maximum absolute atomic E-state index is 10.6. The van der Waals surface area contributed by atoms with E-state index in [-0.39, 0.29) is 6.04 Å². The molecule has 41 heavy (non-hydrogen) atoms. The van der Waals surface area contributed by atoms with E-state index in [0.29, 0.717) is 11.6 Å². The van der Waals surface area contributed by atoms with Gasteiger partial charge < -0.3 is 20.9 Å². The molecule has 1 aliphatic rings. The number of aliphatic carboxylic acids is 1. The summed E-state index contributed by atoms with van der Waals surface area (Å²) in [6.45, 7) is 0.721. The third-order valence-corrected chi connectivity index (χ3v) is 6.48. The lowest BCUT2D eigenvalue weighted by molar-refractivity contribution is -0.192.